The van der Waals surface area contributed by atoms with Crippen molar-refractivity contribution in [1.29, 1.82) is 0 Å². The number of benzene rings is 3. The molecule has 2 amide bonds. The molecule has 0 bridgehead atoms. The van der Waals surface area contributed by atoms with Crippen LogP contribution in [0.5, 0.6) is 5.75 Å². The van der Waals surface area contributed by atoms with Gasteiger partial charge >= 0.3 is 0 Å². The van der Waals surface area contributed by atoms with Gasteiger partial charge in [-0.25, -0.2) is 4.39 Å². The highest BCUT2D eigenvalue weighted by molar-refractivity contribution is 6.07. The lowest BCUT2D eigenvalue weighted by Crippen LogP contribution is -2.27. The Kier molecular flexibility index (Phi) is 6.24. The molecule has 3 aromatic rings. The van der Waals surface area contributed by atoms with Crippen molar-refractivity contribution >= 4 is 17.5 Å². The van der Waals surface area contributed by atoms with Crippen LogP contribution in [0.25, 0.3) is 0 Å². The maximum atomic E-state index is 13.8. The lowest BCUT2D eigenvalue weighted by atomic mass is 10.1. The van der Waals surface area contributed by atoms with Crippen LogP contribution in [-0.4, -0.2) is 26.0 Å². The molecule has 0 radical (unpaired) electrons. The molecule has 1 N–H and O–H groups in total. The van der Waals surface area contributed by atoms with E-state index in [4.69, 9.17) is 4.74 Å². The fraction of sp³-hybridized carbons (Fsp3) is 0.130. The van der Waals surface area contributed by atoms with Crippen LogP contribution < -0.4 is 15.0 Å². The lowest BCUT2D eigenvalue weighted by molar-refractivity contribution is 0.0951. The molecular weight excluding hydrogens is 371 g/mol. The van der Waals surface area contributed by atoms with E-state index in [0.717, 1.165) is 5.69 Å². The maximum Gasteiger partial charge on any atom is 0.258 e. The topological polar surface area (TPSA) is 58.6 Å². The van der Waals surface area contributed by atoms with E-state index < -0.39 is 5.82 Å². The van der Waals surface area contributed by atoms with Crippen molar-refractivity contribution in [2.45, 2.75) is 6.54 Å². The molecule has 0 aliphatic heterocycles. The van der Waals surface area contributed by atoms with Gasteiger partial charge < -0.3 is 15.0 Å². The predicted octanol–water partition coefficient (Wildman–Crippen LogP) is 4.04. The molecule has 5 nitrogen and oxygen atoms in total. The van der Waals surface area contributed by atoms with Crippen LogP contribution >= 0.6 is 0 Å². The zero-order valence-corrected chi connectivity index (χ0v) is 16.2. The van der Waals surface area contributed by atoms with Gasteiger partial charge in [0.25, 0.3) is 11.8 Å². The number of anilines is 1. The van der Waals surface area contributed by atoms with Crippen molar-refractivity contribution in [2.75, 3.05) is 19.1 Å². The molecule has 6 heteroatoms. The van der Waals surface area contributed by atoms with Crippen molar-refractivity contribution in [2.24, 2.45) is 0 Å². The standard InChI is InChI=1S/C23H21FN2O3/c1-26(19-9-4-3-5-10-19)23(28)18-8-6-7-17(14-18)22(27)25-15-16-11-12-21(29-2)20(24)13-16/h3-14H,15H2,1-2H3,(H,25,27). The summed E-state index contributed by atoms with van der Waals surface area (Å²) in [6, 6.07) is 20.3. The monoisotopic (exact) mass is 392 g/mol. The predicted molar refractivity (Wildman–Crippen MR) is 110 cm³/mol. The summed E-state index contributed by atoms with van der Waals surface area (Å²) in [7, 11) is 3.08. The summed E-state index contributed by atoms with van der Waals surface area (Å²) in [4.78, 5) is 26.7. The Balaban J connectivity index is 1.69. The van der Waals surface area contributed by atoms with Gasteiger partial charge in [0, 0.05) is 30.4 Å². The largest absolute Gasteiger partial charge is 0.494 e. The zero-order valence-electron chi connectivity index (χ0n) is 16.2. The van der Waals surface area contributed by atoms with Crippen molar-refractivity contribution in [3.63, 3.8) is 0 Å². The summed E-state index contributed by atoms with van der Waals surface area (Å²) < 4.78 is 18.7. The third-order valence-electron chi connectivity index (χ3n) is 4.49. The number of methoxy groups -OCH3 is 1. The summed E-state index contributed by atoms with van der Waals surface area (Å²) >= 11 is 0. The van der Waals surface area contributed by atoms with Gasteiger partial charge in [0.2, 0.25) is 0 Å². The minimum atomic E-state index is -0.490. The Morgan fingerprint density at radius 3 is 2.38 bits per heavy atom. The van der Waals surface area contributed by atoms with E-state index in [1.807, 2.05) is 30.3 Å². The molecule has 0 atom stereocenters. The number of rotatable bonds is 6. The van der Waals surface area contributed by atoms with Gasteiger partial charge in [0.15, 0.2) is 11.6 Å². The number of amides is 2. The number of hydrogen-bond acceptors (Lipinski definition) is 3. The average molecular weight is 392 g/mol. The van der Waals surface area contributed by atoms with Crippen molar-refractivity contribution in [3.8, 4) is 5.75 Å². The molecule has 3 rings (SSSR count). The van der Waals surface area contributed by atoms with Gasteiger partial charge in [0.05, 0.1) is 7.11 Å². The SMILES string of the molecule is COc1ccc(CNC(=O)c2cccc(C(=O)N(C)c3ccccc3)c2)cc1F. The molecule has 0 aliphatic carbocycles. The molecule has 0 unspecified atom stereocenters. The van der Waals surface area contributed by atoms with Crippen molar-refractivity contribution < 1.29 is 18.7 Å². The number of nitrogens with zero attached hydrogens (tertiary/aromatic N) is 1. The summed E-state index contributed by atoms with van der Waals surface area (Å²) in [5, 5.41) is 2.74. The number of para-hydroxylation sites is 1. The van der Waals surface area contributed by atoms with Crippen LogP contribution in [0.2, 0.25) is 0 Å². The molecule has 0 fully saturated rings. The van der Waals surface area contributed by atoms with E-state index in [-0.39, 0.29) is 24.1 Å². The fourth-order valence-electron chi connectivity index (χ4n) is 2.86. The van der Waals surface area contributed by atoms with Gasteiger partial charge in [-0.2, -0.15) is 0 Å². The highest BCUT2D eigenvalue weighted by Crippen LogP contribution is 2.18. The van der Waals surface area contributed by atoms with Crippen LogP contribution in [0.3, 0.4) is 0 Å². The molecule has 0 saturated heterocycles. The Bertz CT molecular complexity index is 1020. The smallest absolute Gasteiger partial charge is 0.258 e. The van der Waals surface area contributed by atoms with E-state index >= 15 is 0 Å². The van der Waals surface area contributed by atoms with Crippen LogP contribution in [0.15, 0.2) is 72.8 Å². The Morgan fingerprint density at radius 2 is 1.69 bits per heavy atom. The minimum absolute atomic E-state index is 0.147. The number of carbonyl (C=O) groups excluding carboxylic acids is 2. The summed E-state index contributed by atoms with van der Waals surface area (Å²) in [5.74, 6) is -0.911. The number of carbonyl (C=O) groups is 2. The van der Waals surface area contributed by atoms with Crippen molar-refractivity contribution in [1.82, 2.24) is 5.32 Å². The van der Waals surface area contributed by atoms with Gasteiger partial charge in [0.1, 0.15) is 0 Å². The maximum absolute atomic E-state index is 13.8. The summed E-state index contributed by atoms with van der Waals surface area (Å²) in [6.45, 7) is 0.155. The normalized spacial score (nSPS) is 10.3. The molecule has 148 valence electrons. The highest BCUT2D eigenvalue weighted by atomic mass is 19.1. The Labute approximate surface area is 168 Å². The highest BCUT2D eigenvalue weighted by Gasteiger charge is 2.15. The second-order valence-electron chi connectivity index (χ2n) is 6.43. The molecule has 0 spiro atoms. The first-order chi connectivity index (χ1) is 14.0. The van der Waals surface area contributed by atoms with Crippen LogP contribution in [0, 0.1) is 5.82 Å². The summed E-state index contributed by atoms with van der Waals surface area (Å²) in [6.07, 6.45) is 0. The molecule has 29 heavy (non-hydrogen) atoms. The minimum Gasteiger partial charge on any atom is -0.494 e. The second-order valence-corrected chi connectivity index (χ2v) is 6.43. The Hall–Kier alpha value is -3.67. The first kappa shape index (κ1) is 20.1. The van der Waals surface area contributed by atoms with Crippen LogP contribution in [0.1, 0.15) is 26.3 Å². The first-order valence-electron chi connectivity index (χ1n) is 9.03. The third kappa shape index (κ3) is 4.79. The van der Waals surface area contributed by atoms with E-state index in [0.29, 0.717) is 16.7 Å². The van der Waals surface area contributed by atoms with Gasteiger partial charge in [-0.3, -0.25) is 9.59 Å². The average Bonchev–Trinajstić information content (AvgIpc) is 2.77. The summed E-state index contributed by atoms with van der Waals surface area (Å²) in [5.41, 5.74) is 2.12. The molecule has 0 heterocycles. The second kappa shape index (κ2) is 9.01. The van der Waals surface area contributed by atoms with Gasteiger partial charge in [-0.1, -0.05) is 30.3 Å². The third-order valence-corrected chi connectivity index (χ3v) is 4.49. The number of halogens is 1. The number of nitrogens with one attached hydrogen (secondary N) is 1. The molecule has 0 aromatic heterocycles. The van der Waals surface area contributed by atoms with E-state index in [9.17, 15) is 14.0 Å². The quantitative estimate of drug-likeness (QED) is 0.689. The lowest BCUT2D eigenvalue weighted by Gasteiger charge is -2.17. The first-order valence-corrected chi connectivity index (χ1v) is 9.03. The molecular formula is C23H21FN2O3. The van der Waals surface area contributed by atoms with E-state index in [1.165, 1.54) is 24.1 Å². The van der Waals surface area contributed by atoms with Gasteiger partial charge in [-0.15, -0.1) is 0 Å². The van der Waals surface area contributed by atoms with Crippen molar-refractivity contribution in [3.05, 3.63) is 95.3 Å². The number of ether oxygens (including phenoxy) is 1. The number of hydrogen-bond donors (Lipinski definition) is 1. The molecule has 0 saturated carbocycles. The zero-order chi connectivity index (χ0) is 20.8. The Morgan fingerprint density at radius 1 is 0.966 bits per heavy atom. The fourth-order valence-corrected chi connectivity index (χ4v) is 2.86. The van der Waals surface area contributed by atoms with Gasteiger partial charge in [-0.05, 0) is 48.0 Å². The van der Waals surface area contributed by atoms with E-state index in [1.54, 1.807) is 37.4 Å². The molecule has 0 aliphatic rings. The van der Waals surface area contributed by atoms with Crippen LogP contribution in [-0.2, 0) is 6.54 Å². The van der Waals surface area contributed by atoms with Crippen LogP contribution in [0.4, 0.5) is 10.1 Å². The molecule has 3 aromatic carbocycles. The van der Waals surface area contributed by atoms with E-state index in [2.05, 4.69) is 5.32 Å².